The van der Waals surface area contributed by atoms with Crippen molar-refractivity contribution >= 4 is 25.4 Å². The second-order valence-electron chi connectivity index (χ2n) is 6.08. The van der Waals surface area contributed by atoms with Crippen molar-refractivity contribution in [3.8, 4) is 0 Å². The molecule has 0 N–H and O–H groups in total. The van der Waals surface area contributed by atoms with Crippen molar-refractivity contribution in [2.75, 3.05) is 19.8 Å². The molecule has 0 fully saturated rings. The third-order valence-electron chi connectivity index (χ3n) is 4.41. The zero-order chi connectivity index (χ0) is 19.0. The first-order valence-corrected chi connectivity index (χ1v) is 11.5. The van der Waals surface area contributed by atoms with Gasteiger partial charge in [-0.25, -0.2) is 0 Å². The molecule has 0 radical (unpaired) electrons. The molecule has 0 saturated carbocycles. The highest BCUT2D eigenvalue weighted by Crippen LogP contribution is 2.27. The van der Waals surface area contributed by atoms with Crippen molar-refractivity contribution < 1.29 is 18.1 Å². The molecule has 0 unspecified atom stereocenters. The number of rotatable bonds is 11. The smallest absolute Gasteiger partial charge is 0.374 e. The molecule has 0 aliphatic heterocycles. The first kappa shape index (κ1) is 20.8. The van der Waals surface area contributed by atoms with Crippen LogP contribution in [0.4, 0.5) is 0 Å². The molecule has 0 aliphatic rings. The Balaban J connectivity index is 2.38. The predicted molar refractivity (Wildman–Crippen MR) is 108 cm³/mol. The zero-order valence-corrected chi connectivity index (χ0v) is 17.3. The van der Waals surface area contributed by atoms with Crippen LogP contribution in [0.2, 0.25) is 6.04 Å². The molecular formula is C21H30O4Si. The summed E-state index contributed by atoms with van der Waals surface area (Å²) in [6.07, 6.45) is 1.20. The Hall–Kier alpha value is -1.53. The van der Waals surface area contributed by atoms with E-state index in [0.717, 1.165) is 21.9 Å². The van der Waals surface area contributed by atoms with E-state index in [1.165, 1.54) is 0 Å². The van der Waals surface area contributed by atoms with Crippen molar-refractivity contribution in [3.05, 3.63) is 47.5 Å². The van der Waals surface area contributed by atoms with Crippen LogP contribution in [-0.4, -0.2) is 34.4 Å². The van der Waals surface area contributed by atoms with E-state index >= 15 is 0 Å². The summed E-state index contributed by atoms with van der Waals surface area (Å²) in [5, 5.41) is 2.12. The van der Waals surface area contributed by atoms with Crippen molar-refractivity contribution in [2.24, 2.45) is 0 Å². The quantitative estimate of drug-likeness (QED) is 0.409. The van der Waals surface area contributed by atoms with Gasteiger partial charge < -0.3 is 13.3 Å². The Morgan fingerprint density at radius 3 is 2.08 bits per heavy atom. The summed E-state index contributed by atoms with van der Waals surface area (Å²) in [7, 11) is -2.73. The van der Waals surface area contributed by atoms with Crippen molar-refractivity contribution in [3.63, 3.8) is 0 Å². The lowest BCUT2D eigenvalue weighted by Gasteiger charge is -2.28. The minimum Gasteiger partial charge on any atom is -0.374 e. The maximum absolute atomic E-state index is 12.7. The third kappa shape index (κ3) is 4.80. The van der Waals surface area contributed by atoms with Gasteiger partial charge in [0.2, 0.25) is 0 Å². The fourth-order valence-electron chi connectivity index (χ4n) is 3.32. The number of hydrogen-bond donors (Lipinski definition) is 0. The first-order chi connectivity index (χ1) is 12.6. The minimum absolute atomic E-state index is 0.174. The van der Waals surface area contributed by atoms with Gasteiger partial charge in [-0.05, 0) is 43.5 Å². The Morgan fingerprint density at radius 2 is 1.50 bits per heavy atom. The Kier molecular flexibility index (Phi) is 7.97. The lowest BCUT2D eigenvalue weighted by molar-refractivity contribution is 0.0713. The monoisotopic (exact) mass is 374 g/mol. The molecule has 0 atom stereocenters. The second-order valence-corrected chi connectivity index (χ2v) is 8.81. The second kappa shape index (κ2) is 9.97. The van der Waals surface area contributed by atoms with E-state index in [0.29, 0.717) is 38.7 Å². The largest absolute Gasteiger partial charge is 0.501 e. The van der Waals surface area contributed by atoms with Gasteiger partial charge in [0.15, 0.2) is 5.78 Å². The van der Waals surface area contributed by atoms with E-state index in [4.69, 9.17) is 13.3 Å². The molecule has 0 saturated heterocycles. The fraction of sp³-hybridized carbons (Fsp3) is 0.476. The normalized spacial score (nSPS) is 11.8. The maximum atomic E-state index is 12.7. The number of benzene rings is 2. The molecule has 2 aromatic rings. The number of hydrogen-bond acceptors (Lipinski definition) is 4. The van der Waals surface area contributed by atoms with Crippen molar-refractivity contribution in [1.82, 2.24) is 0 Å². The number of carbonyl (C=O) groups excluding carboxylic acids is 1. The number of carbonyl (C=O) groups is 1. The molecule has 4 nitrogen and oxygen atoms in total. The van der Waals surface area contributed by atoms with Crippen molar-refractivity contribution in [2.45, 2.75) is 46.6 Å². The van der Waals surface area contributed by atoms with E-state index < -0.39 is 8.80 Å². The lowest BCUT2D eigenvalue weighted by Crippen LogP contribution is -2.46. The molecule has 26 heavy (non-hydrogen) atoms. The fourth-order valence-corrected chi connectivity index (χ4v) is 5.90. The SMILES string of the molecule is CCO[Si](CCc1ccc2ccccc2c1C(=O)CC)(OCC)OCC. The molecule has 0 spiro atoms. The van der Waals surface area contributed by atoms with E-state index in [-0.39, 0.29) is 5.78 Å². The molecule has 2 rings (SSSR count). The van der Waals surface area contributed by atoms with Crippen LogP contribution in [-0.2, 0) is 19.7 Å². The third-order valence-corrected chi connectivity index (χ3v) is 7.46. The van der Waals surface area contributed by atoms with E-state index in [1.54, 1.807) is 0 Å². The summed E-state index contributed by atoms with van der Waals surface area (Å²) in [5.41, 5.74) is 1.88. The van der Waals surface area contributed by atoms with Gasteiger partial charge in [0.05, 0.1) is 0 Å². The first-order valence-electron chi connectivity index (χ1n) is 9.56. The molecule has 0 bridgehead atoms. The molecular weight excluding hydrogens is 344 g/mol. The molecule has 142 valence electrons. The summed E-state index contributed by atoms with van der Waals surface area (Å²) in [5.74, 6) is 0.174. The number of Topliss-reactive ketones (excluding diaryl/α,β-unsaturated/α-hetero) is 1. The van der Waals surface area contributed by atoms with Gasteiger partial charge in [-0.15, -0.1) is 0 Å². The zero-order valence-electron chi connectivity index (χ0n) is 16.3. The summed E-state index contributed by atoms with van der Waals surface area (Å²) in [4.78, 5) is 12.7. The van der Waals surface area contributed by atoms with Crippen LogP contribution in [0.25, 0.3) is 10.8 Å². The van der Waals surface area contributed by atoms with E-state index in [1.807, 2.05) is 52.0 Å². The van der Waals surface area contributed by atoms with Crippen LogP contribution in [0.3, 0.4) is 0 Å². The average molecular weight is 375 g/mol. The maximum Gasteiger partial charge on any atom is 0.501 e. The van der Waals surface area contributed by atoms with Gasteiger partial charge in [-0.3, -0.25) is 4.79 Å². The van der Waals surface area contributed by atoms with Crippen LogP contribution >= 0.6 is 0 Å². The highest BCUT2D eigenvalue weighted by Gasteiger charge is 2.40. The van der Waals surface area contributed by atoms with Gasteiger partial charge in [0, 0.05) is 37.8 Å². The van der Waals surface area contributed by atoms with Gasteiger partial charge in [-0.1, -0.05) is 43.3 Å². The van der Waals surface area contributed by atoms with Gasteiger partial charge in [-0.2, -0.15) is 0 Å². The van der Waals surface area contributed by atoms with Crippen LogP contribution in [0.15, 0.2) is 36.4 Å². The molecule has 0 heterocycles. The molecule has 5 heteroatoms. The van der Waals surface area contributed by atoms with Gasteiger partial charge in [0.1, 0.15) is 0 Å². The van der Waals surface area contributed by atoms with E-state index in [2.05, 4.69) is 12.1 Å². The Labute approximate surface area is 157 Å². The summed E-state index contributed by atoms with van der Waals surface area (Å²) >= 11 is 0. The Morgan fingerprint density at radius 1 is 0.885 bits per heavy atom. The van der Waals surface area contributed by atoms with Crippen LogP contribution < -0.4 is 0 Å². The van der Waals surface area contributed by atoms with Crippen molar-refractivity contribution in [1.29, 1.82) is 0 Å². The minimum atomic E-state index is -2.73. The van der Waals surface area contributed by atoms with Gasteiger partial charge in [0.25, 0.3) is 0 Å². The highest BCUT2D eigenvalue weighted by molar-refractivity contribution is 6.60. The van der Waals surface area contributed by atoms with Crippen LogP contribution in [0, 0.1) is 0 Å². The molecule has 0 amide bonds. The number of ketones is 1. The summed E-state index contributed by atoms with van der Waals surface area (Å²) < 4.78 is 17.9. The van der Waals surface area contributed by atoms with Gasteiger partial charge >= 0.3 is 8.80 Å². The standard InChI is InChI=1S/C21H30O4Si/c1-5-20(22)21-18(14-13-17-11-9-10-12-19(17)21)15-16-26(23-6-2,24-7-3)25-8-4/h9-14H,5-8,15-16H2,1-4H3. The summed E-state index contributed by atoms with van der Waals surface area (Å²) in [6, 6.07) is 12.9. The van der Waals surface area contributed by atoms with E-state index in [9.17, 15) is 4.79 Å². The number of fused-ring (bicyclic) bond motifs is 1. The molecule has 2 aromatic carbocycles. The predicted octanol–water partition coefficient (Wildman–Crippen LogP) is 5.02. The van der Waals surface area contributed by atoms with Crippen LogP contribution in [0.5, 0.6) is 0 Å². The number of aryl methyl sites for hydroxylation is 1. The lowest BCUT2D eigenvalue weighted by atomic mass is 9.93. The molecule has 0 aromatic heterocycles. The topological polar surface area (TPSA) is 44.8 Å². The summed E-state index contributed by atoms with van der Waals surface area (Å²) in [6.45, 7) is 9.47. The average Bonchev–Trinajstić information content (AvgIpc) is 2.66. The highest BCUT2D eigenvalue weighted by atomic mass is 28.4. The van der Waals surface area contributed by atoms with Crippen LogP contribution in [0.1, 0.15) is 50.0 Å². The molecule has 0 aliphatic carbocycles. The Bertz CT molecular complexity index is 712.